The van der Waals surface area contributed by atoms with Gasteiger partial charge in [-0.3, -0.25) is 0 Å². The number of nitrogens with zero attached hydrogens (tertiary/aromatic N) is 1. The number of aliphatic carboxylic acids is 1. The number of aliphatic hydroxyl groups is 1. The Labute approximate surface area is 109 Å². The molecule has 2 N–H and O–H groups in total. The van der Waals surface area contributed by atoms with Crippen molar-refractivity contribution in [1.29, 1.82) is 0 Å². The van der Waals surface area contributed by atoms with Crippen LogP contribution in [0.15, 0.2) is 18.2 Å². The zero-order valence-corrected chi connectivity index (χ0v) is 10.9. The smallest absolute Gasteiger partial charge is 0.337 e. The van der Waals surface area contributed by atoms with Gasteiger partial charge >= 0.3 is 5.97 Å². The fourth-order valence-electron chi connectivity index (χ4n) is 2.38. The highest BCUT2D eigenvalue weighted by Gasteiger charge is 2.25. The van der Waals surface area contributed by atoms with Crippen molar-refractivity contribution in [3.63, 3.8) is 0 Å². The van der Waals surface area contributed by atoms with Gasteiger partial charge < -0.3 is 14.8 Å². The Kier molecular flexibility index (Phi) is 3.32. The summed E-state index contributed by atoms with van der Waals surface area (Å²) in [6, 6.07) is 5.29. The first-order valence-electron chi connectivity index (χ1n) is 5.67. The minimum Gasteiger partial charge on any atom is -0.479 e. The average molecular weight is 268 g/mol. The molecule has 0 fully saturated rings. The van der Waals surface area contributed by atoms with E-state index < -0.39 is 12.1 Å². The van der Waals surface area contributed by atoms with Gasteiger partial charge in [0.2, 0.25) is 0 Å². The number of hydrogen-bond acceptors (Lipinski definition) is 2. The number of aromatic nitrogens is 1. The largest absolute Gasteiger partial charge is 0.479 e. The zero-order valence-electron chi connectivity index (χ0n) is 10.1. The molecular formula is C13H14ClNO3. The molecule has 0 saturated heterocycles. The van der Waals surface area contributed by atoms with Crippen LogP contribution in [0.5, 0.6) is 0 Å². The lowest BCUT2D eigenvalue weighted by atomic mass is 10.1. The quantitative estimate of drug-likeness (QED) is 0.899. The number of carboxylic acids is 1. The van der Waals surface area contributed by atoms with Gasteiger partial charge in [0.1, 0.15) is 0 Å². The monoisotopic (exact) mass is 267 g/mol. The van der Waals surface area contributed by atoms with Crippen molar-refractivity contribution in [2.45, 2.75) is 26.5 Å². The molecule has 1 aromatic carbocycles. The van der Waals surface area contributed by atoms with Gasteiger partial charge in [0, 0.05) is 23.2 Å². The molecule has 0 amide bonds. The molecule has 0 radical (unpaired) electrons. The number of carbonyl (C=O) groups is 1. The third kappa shape index (κ3) is 1.78. The van der Waals surface area contributed by atoms with Crippen LogP contribution < -0.4 is 0 Å². The van der Waals surface area contributed by atoms with E-state index in [4.69, 9.17) is 16.7 Å². The second-order valence-electron chi connectivity index (χ2n) is 4.12. The molecule has 0 bridgehead atoms. The van der Waals surface area contributed by atoms with Gasteiger partial charge in [-0.05, 0) is 19.9 Å². The molecular weight excluding hydrogens is 254 g/mol. The van der Waals surface area contributed by atoms with Crippen LogP contribution >= 0.6 is 11.6 Å². The summed E-state index contributed by atoms with van der Waals surface area (Å²) in [5, 5.41) is 20.0. The van der Waals surface area contributed by atoms with Crippen LogP contribution in [0.3, 0.4) is 0 Å². The first kappa shape index (κ1) is 12.9. The van der Waals surface area contributed by atoms with Gasteiger partial charge in [0.15, 0.2) is 6.10 Å². The van der Waals surface area contributed by atoms with Crippen molar-refractivity contribution in [1.82, 2.24) is 4.57 Å². The Morgan fingerprint density at radius 2 is 2.17 bits per heavy atom. The normalized spacial score (nSPS) is 12.9. The van der Waals surface area contributed by atoms with Gasteiger partial charge in [0.25, 0.3) is 0 Å². The molecule has 18 heavy (non-hydrogen) atoms. The number of aliphatic hydroxyl groups excluding tert-OH is 1. The molecule has 4 nitrogen and oxygen atoms in total. The predicted molar refractivity (Wildman–Crippen MR) is 70.0 cm³/mol. The van der Waals surface area contributed by atoms with Crippen LogP contribution in [0.2, 0.25) is 5.02 Å². The SMILES string of the molecule is CCn1c(C)c(C(O)C(=O)O)c2cccc(Cl)c21. The number of aryl methyl sites for hydroxylation is 1. The standard InChI is InChI=1S/C13H14ClNO3/c1-3-15-7(2)10(12(16)13(17)18)8-5-4-6-9(14)11(8)15/h4-6,12,16H,3H2,1-2H3,(H,17,18). The first-order valence-corrected chi connectivity index (χ1v) is 6.04. The van der Waals surface area contributed by atoms with Crippen LogP contribution in [0.1, 0.15) is 24.3 Å². The van der Waals surface area contributed by atoms with Gasteiger partial charge in [-0.25, -0.2) is 4.79 Å². The fraction of sp³-hybridized carbons (Fsp3) is 0.308. The third-order valence-electron chi connectivity index (χ3n) is 3.17. The maximum absolute atomic E-state index is 11.0. The summed E-state index contributed by atoms with van der Waals surface area (Å²) in [6.07, 6.45) is -1.53. The molecule has 0 spiro atoms. The Bertz CT molecular complexity index is 618. The number of benzene rings is 1. The Morgan fingerprint density at radius 1 is 1.50 bits per heavy atom. The highest BCUT2D eigenvalue weighted by molar-refractivity contribution is 6.35. The fourth-order valence-corrected chi connectivity index (χ4v) is 2.66. The topological polar surface area (TPSA) is 62.5 Å². The molecule has 1 atom stereocenters. The number of carboxylic acid groups (broad SMARTS) is 1. The van der Waals surface area contributed by atoms with Gasteiger partial charge in [0.05, 0.1) is 10.5 Å². The highest BCUT2D eigenvalue weighted by atomic mass is 35.5. The van der Waals surface area contributed by atoms with E-state index in [0.29, 0.717) is 22.5 Å². The molecule has 5 heteroatoms. The molecule has 0 aliphatic heterocycles. The van der Waals surface area contributed by atoms with E-state index in [0.717, 1.165) is 11.2 Å². The maximum atomic E-state index is 11.0. The lowest BCUT2D eigenvalue weighted by molar-refractivity contribution is -0.146. The van der Waals surface area contributed by atoms with Crippen molar-refractivity contribution in [3.8, 4) is 0 Å². The number of fused-ring (bicyclic) bond motifs is 1. The minimum atomic E-state index is -1.53. The lowest BCUT2D eigenvalue weighted by Crippen LogP contribution is -2.11. The molecule has 0 saturated carbocycles. The molecule has 1 aromatic heterocycles. The molecule has 1 heterocycles. The van der Waals surface area contributed by atoms with Crippen molar-refractivity contribution in [3.05, 3.63) is 34.5 Å². The van der Waals surface area contributed by atoms with E-state index in [1.165, 1.54) is 0 Å². The van der Waals surface area contributed by atoms with E-state index in [9.17, 15) is 9.90 Å². The van der Waals surface area contributed by atoms with Crippen molar-refractivity contribution in [2.24, 2.45) is 0 Å². The minimum absolute atomic E-state index is 0.418. The van der Waals surface area contributed by atoms with Crippen LogP contribution in [-0.2, 0) is 11.3 Å². The average Bonchev–Trinajstić information content (AvgIpc) is 2.61. The van der Waals surface area contributed by atoms with E-state index in [1.54, 1.807) is 25.1 Å². The lowest BCUT2D eigenvalue weighted by Gasteiger charge is -2.07. The van der Waals surface area contributed by atoms with E-state index in [1.807, 2.05) is 11.5 Å². The Morgan fingerprint density at radius 3 is 2.72 bits per heavy atom. The zero-order chi connectivity index (χ0) is 13.4. The van der Waals surface area contributed by atoms with Gasteiger partial charge in [-0.1, -0.05) is 23.7 Å². The number of halogens is 1. The summed E-state index contributed by atoms with van der Waals surface area (Å²) in [6.45, 7) is 4.41. The Balaban J connectivity index is 2.86. The Hall–Kier alpha value is -1.52. The first-order chi connectivity index (χ1) is 8.49. The van der Waals surface area contributed by atoms with Crippen LogP contribution in [0, 0.1) is 6.92 Å². The maximum Gasteiger partial charge on any atom is 0.337 e. The summed E-state index contributed by atoms with van der Waals surface area (Å²) < 4.78 is 1.92. The summed E-state index contributed by atoms with van der Waals surface area (Å²) in [7, 11) is 0. The van der Waals surface area contributed by atoms with Gasteiger partial charge in [-0.15, -0.1) is 0 Å². The summed E-state index contributed by atoms with van der Waals surface area (Å²) in [5.41, 5.74) is 1.92. The predicted octanol–water partition coefficient (Wildman–Crippen LogP) is 2.74. The second kappa shape index (κ2) is 4.63. The van der Waals surface area contributed by atoms with Crippen molar-refractivity contribution >= 4 is 28.5 Å². The molecule has 96 valence electrons. The molecule has 2 aromatic rings. The van der Waals surface area contributed by atoms with E-state index >= 15 is 0 Å². The van der Waals surface area contributed by atoms with Crippen molar-refractivity contribution in [2.75, 3.05) is 0 Å². The number of para-hydroxylation sites is 1. The van der Waals surface area contributed by atoms with Gasteiger partial charge in [-0.2, -0.15) is 0 Å². The second-order valence-corrected chi connectivity index (χ2v) is 4.53. The summed E-state index contributed by atoms with van der Waals surface area (Å²) in [4.78, 5) is 11.0. The molecule has 2 rings (SSSR count). The van der Waals surface area contributed by atoms with E-state index in [-0.39, 0.29) is 0 Å². The number of rotatable bonds is 3. The summed E-state index contributed by atoms with van der Waals surface area (Å²) >= 11 is 6.16. The molecule has 0 aliphatic carbocycles. The highest BCUT2D eigenvalue weighted by Crippen LogP contribution is 2.34. The molecule has 0 aliphatic rings. The molecule has 1 unspecified atom stereocenters. The third-order valence-corrected chi connectivity index (χ3v) is 3.47. The summed E-state index contributed by atoms with van der Waals surface area (Å²) in [5.74, 6) is -1.26. The number of hydrogen-bond donors (Lipinski definition) is 2. The van der Waals surface area contributed by atoms with Crippen LogP contribution in [0.25, 0.3) is 10.9 Å². The van der Waals surface area contributed by atoms with Crippen molar-refractivity contribution < 1.29 is 15.0 Å². The van der Waals surface area contributed by atoms with Crippen LogP contribution in [-0.4, -0.2) is 20.7 Å². The van der Waals surface area contributed by atoms with Crippen LogP contribution in [0.4, 0.5) is 0 Å². The van der Waals surface area contributed by atoms with E-state index in [2.05, 4.69) is 0 Å².